The molecule has 2 nitrogen and oxygen atoms in total. The SMILES string of the molecule is CC(=O)c1ccc(C#Cc2ccc(C#N)cc2)cc1. The predicted octanol–water partition coefficient (Wildman–Crippen LogP) is 3.16. The van der Waals surface area contributed by atoms with Gasteiger partial charge in [-0.05, 0) is 43.3 Å². The Balaban J connectivity index is 2.19. The van der Waals surface area contributed by atoms with E-state index in [2.05, 4.69) is 17.9 Å². The molecule has 0 saturated heterocycles. The Morgan fingerprint density at radius 1 is 0.842 bits per heavy atom. The first-order valence-corrected chi connectivity index (χ1v) is 5.82. The molecule has 0 radical (unpaired) electrons. The van der Waals surface area contributed by atoms with E-state index in [0.717, 1.165) is 11.1 Å². The molecule has 19 heavy (non-hydrogen) atoms. The van der Waals surface area contributed by atoms with Gasteiger partial charge in [-0.25, -0.2) is 0 Å². The molecular weight excluding hydrogens is 234 g/mol. The first-order valence-electron chi connectivity index (χ1n) is 5.82. The standard InChI is InChI=1S/C17H11NO/c1-13(19)17-10-8-15(9-11-17)3-2-14-4-6-16(12-18)7-5-14/h4-11H,1H3. The Morgan fingerprint density at radius 3 is 1.68 bits per heavy atom. The summed E-state index contributed by atoms with van der Waals surface area (Å²) in [5, 5.41) is 8.69. The van der Waals surface area contributed by atoms with Crippen molar-refractivity contribution < 1.29 is 4.79 Å². The maximum Gasteiger partial charge on any atom is 0.159 e. The van der Waals surface area contributed by atoms with Gasteiger partial charge in [-0.3, -0.25) is 4.79 Å². The van der Waals surface area contributed by atoms with Crippen molar-refractivity contribution in [2.24, 2.45) is 0 Å². The number of nitriles is 1. The summed E-state index contributed by atoms with van der Waals surface area (Å²) in [7, 11) is 0. The molecule has 2 aromatic rings. The van der Waals surface area contributed by atoms with Crippen LogP contribution < -0.4 is 0 Å². The first-order chi connectivity index (χ1) is 9.19. The van der Waals surface area contributed by atoms with Gasteiger partial charge in [-0.2, -0.15) is 5.26 Å². The van der Waals surface area contributed by atoms with Crippen molar-refractivity contribution in [1.29, 1.82) is 5.26 Å². The monoisotopic (exact) mass is 245 g/mol. The number of hydrogen-bond donors (Lipinski definition) is 0. The van der Waals surface area contributed by atoms with Crippen LogP contribution in [0.25, 0.3) is 0 Å². The van der Waals surface area contributed by atoms with Gasteiger partial charge in [0.05, 0.1) is 11.6 Å². The Morgan fingerprint density at radius 2 is 1.26 bits per heavy atom. The quantitative estimate of drug-likeness (QED) is 0.572. The highest BCUT2D eigenvalue weighted by atomic mass is 16.1. The first kappa shape index (κ1) is 12.6. The van der Waals surface area contributed by atoms with E-state index in [1.54, 1.807) is 24.3 Å². The Bertz CT molecular complexity index is 692. The lowest BCUT2D eigenvalue weighted by molar-refractivity contribution is 0.101. The molecule has 0 aromatic heterocycles. The third-order valence-electron chi connectivity index (χ3n) is 2.66. The lowest BCUT2D eigenvalue weighted by Crippen LogP contribution is -1.90. The molecule has 0 aliphatic heterocycles. The zero-order chi connectivity index (χ0) is 13.7. The molecule has 0 spiro atoms. The van der Waals surface area contributed by atoms with Crippen LogP contribution in [0.2, 0.25) is 0 Å². The van der Waals surface area contributed by atoms with E-state index in [1.807, 2.05) is 24.3 Å². The molecule has 2 aromatic carbocycles. The average molecular weight is 245 g/mol. The number of hydrogen-bond acceptors (Lipinski definition) is 2. The van der Waals surface area contributed by atoms with Gasteiger partial charge in [-0.15, -0.1) is 0 Å². The average Bonchev–Trinajstić information content (AvgIpc) is 2.46. The number of rotatable bonds is 1. The van der Waals surface area contributed by atoms with Crippen LogP contribution in [-0.4, -0.2) is 5.78 Å². The molecule has 0 amide bonds. The second-order valence-corrected chi connectivity index (χ2v) is 4.07. The summed E-state index contributed by atoms with van der Waals surface area (Å²) >= 11 is 0. The maximum absolute atomic E-state index is 11.1. The van der Waals surface area contributed by atoms with Crippen LogP contribution in [0.15, 0.2) is 48.5 Å². The van der Waals surface area contributed by atoms with Gasteiger partial charge in [0.2, 0.25) is 0 Å². The van der Waals surface area contributed by atoms with Crippen LogP contribution in [0.4, 0.5) is 0 Å². The maximum atomic E-state index is 11.1. The number of carbonyl (C=O) groups is 1. The second-order valence-electron chi connectivity index (χ2n) is 4.07. The van der Waals surface area contributed by atoms with Gasteiger partial charge in [0.25, 0.3) is 0 Å². The van der Waals surface area contributed by atoms with Gasteiger partial charge in [0.1, 0.15) is 0 Å². The minimum absolute atomic E-state index is 0.0478. The van der Waals surface area contributed by atoms with Crippen LogP contribution in [0.1, 0.15) is 34.0 Å². The largest absolute Gasteiger partial charge is 0.295 e. The highest BCUT2D eigenvalue weighted by Gasteiger charge is 1.97. The Hall–Kier alpha value is -2.84. The minimum Gasteiger partial charge on any atom is -0.295 e. The predicted molar refractivity (Wildman–Crippen MR) is 73.6 cm³/mol. The molecule has 2 heteroatoms. The molecule has 0 atom stereocenters. The third kappa shape index (κ3) is 3.31. The number of nitrogens with zero attached hydrogens (tertiary/aromatic N) is 1. The summed E-state index contributed by atoms with van der Waals surface area (Å²) < 4.78 is 0. The molecule has 0 aliphatic rings. The number of Topliss-reactive ketones (excluding diaryl/α,β-unsaturated/α-hetero) is 1. The summed E-state index contributed by atoms with van der Waals surface area (Å²) in [4.78, 5) is 11.1. The van der Waals surface area contributed by atoms with Crippen molar-refractivity contribution >= 4 is 5.78 Å². The normalized spacial score (nSPS) is 9.05. The zero-order valence-corrected chi connectivity index (χ0v) is 10.5. The molecule has 0 aliphatic carbocycles. The van der Waals surface area contributed by atoms with Crippen molar-refractivity contribution in [3.05, 3.63) is 70.8 Å². The highest BCUT2D eigenvalue weighted by molar-refractivity contribution is 5.94. The lowest BCUT2D eigenvalue weighted by atomic mass is 10.1. The van der Waals surface area contributed by atoms with Crippen LogP contribution in [0, 0.1) is 23.2 Å². The Labute approximate surface area is 112 Å². The summed E-state index contributed by atoms with van der Waals surface area (Å²) in [5.41, 5.74) is 3.02. The van der Waals surface area contributed by atoms with Crippen LogP contribution >= 0.6 is 0 Å². The van der Waals surface area contributed by atoms with Crippen LogP contribution in [0.3, 0.4) is 0 Å². The van der Waals surface area contributed by atoms with Crippen molar-refractivity contribution in [3.8, 4) is 17.9 Å². The second kappa shape index (κ2) is 5.67. The van der Waals surface area contributed by atoms with E-state index in [4.69, 9.17) is 5.26 Å². The molecule has 0 unspecified atom stereocenters. The molecule has 0 fully saturated rings. The van der Waals surface area contributed by atoms with Gasteiger partial charge in [0.15, 0.2) is 5.78 Å². The van der Waals surface area contributed by atoms with E-state index >= 15 is 0 Å². The fourth-order valence-corrected chi connectivity index (χ4v) is 1.56. The summed E-state index contributed by atoms with van der Waals surface area (Å²) in [6, 6.07) is 16.4. The number of carbonyl (C=O) groups excluding carboxylic acids is 1. The fraction of sp³-hybridized carbons (Fsp3) is 0.0588. The highest BCUT2D eigenvalue weighted by Crippen LogP contribution is 2.05. The van der Waals surface area contributed by atoms with Crippen LogP contribution in [-0.2, 0) is 0 Å². The van der Waals surface area contributed by atoms with Gasteiger partial charge in [0, 0.05) is 16.7 Å². The molecular formula is C17H11NO. The zero-order valence-electron chi connectivity index (χ0n) is 10.5. The number of ketones is 1. The summed E-state index contributed by atoms with van der Waals surface area (Å²) in [6.07, 6.45) is 0. The number of benzene rings is 2. The Kier molecular flexibility index (Phi) is 3.76. The minimum atomic E-state index is 0.0478. The molecule has 2 rings (SSSR count). The molecule has 0 N–H and O–H groups in total. The smallest absolute Gasteiger partial charge is 0.159 e. The van der Waals surface area contributed by atoms with E-state index in [9.17, 15) is 4.79 Å². The van der Waals surface area contributed by atoms with Crippen molar-refractivity contribution in [1.82, 2.24) is 0 Å². The van der Waals surface area contributed by atoms with Crippen LogP contribution in [0.5, 0.6) is 0 Å². The summed E-state index contributed by atoms with van der Waals surface area (Å²) in [6.45, 7) is 1.54. The van der Waals surface area contributed by atoms with E-state index in [1.165, 1.54) is 6.92 Å². The van der Waals surface area contributed by atoms with Gasteiger partial charge < -0.3 is 0 Å². The van der Waals surface area contributed by atoms with Crippen molar-refractivity contribution in [2.75, 3.05) is 0 Å². The molecule has 0 saturated carbocycles. The van der Waals surface area contributed by atoms with E-state index in [0.29, 0.717) is 11.1 Å². The molecule has 0 bridgehead atoms. The van der Waals surface area contributed by atoms with Gasteiger partial charge >= 0.3 is 0 Å². The van der Waals surface area contributed by atoms with E-state index < -0.39 is 0 Å². The van der Waals surface area contributed by atoms with E-state index in [-0.39, 0.29) is 5.78 Å². The van der Waals surface area contributed by atoms with Crippen molar-refractivity contribution in [2.45, 2.75) is 6.92 Å². The lowest BCUT2D eigenvalue weighted by Gasteiger charge is -1.95. The van der Waals surface area contributed by atoms with Gasteiger partial charge in [-0.1, -0.05) is 24.0 Å². The summed E-state index contributed by atoms with van der Waals surface area (Å²) in [5.74, 6) is 6.08. The molecule has 0 heterocycles. The van der Waals surface area contributed by atoms with Crippen molar-refractivity contribution in [3.63, 3.8) is 0 Å². The molecule has 90 valence electrons. The third-order valence-corrected chi connectivity index (χ3v) is 2.66. The fourth-order valence-electron chi connectivity index (χ4n) is 1.56. The topological polar surface area (TPSA) is 40.9 Å².